The lowest BCUT2D eigenvalue weighted by Gasteiger charge is -1.95. The molecule has 1 heterocycles. The normalized spacial score (nSPS) is 10.9. The largest absolute Gasteiger partial charge is 0.236 e. The number of hydrogen-bond acceptors (Lipinski definition) is 2. The van der Waals surface area contributed by atoms with Gasteiger partial charge in [-0.1, -0.05) is 35.3 Å². The lowest BCUT2D eigenvalue weighted by Crippen LogP contribution is -1.74. The van der Waals surface area contributed by atoms with Gasteiger partial charge in [0.2, 0.25) is 0 Å². The zero-order chi connectivity index (χ0) is 11.8. The van der Waals surface area contributed by atoms with E-state index in [1.807, 2.05) is 42.5 Å². The van der Waals surface area contributed by atoms with Crippen LogP contribution in [0.3, 0.4) is 0 Å². The fraction of sp³-hybridized carbons (Fsp3) is 0. The fourth-order valence-electron chi connectivity index (χ4n) is 1.64. The highest BCUT2D eigenvalue weighted by atomic mass is 35.5. The second-order valence-corrected chi connectivity index (χ2v) is 5.54. The van der Waals surface area contributed by atoms with Crippen LogP contribution >= 0.6 is 34.5 Å². The molecule has 0 unspecified atom stereocenters. The molecule has 0 amide bonds. The van der Waals surface area contributed by atoms with E-state index in [4.69, 9.17) is 23.2 Å². The Morgan fingerprint density at radius 1 is 0.941 bits per heavy atom. The van der Waals surface area contributed by atoms with Crippen molar-refractivity contribution >= 4 is 44.8 Å². The number of halogens is 2. The first kappa shape index (κ1) is 11.0. The Labute approximate surface area is 113 Å². The van der Waals surface area contributed by atoms with Gasteiger partial charge in [0.15, 0.2) is 0 Å². The van der Waals surface area contributed by atoms with Gasteiger partial charge in [-0.05, 0) is 30.3 Å². The van der Waals surface area contributed by atoms with Crippen LogP contribution in [0, 0.1) is 0 Å². The van der Waals surface area contributed by atoms with Gasteiger partial charge in [-0.15, -0.1) is 11.3 Å². The summed E-state index contributed by atoms with van der Waals surface area (Å²) in [7, 11) is 0. The molecular weight excluding hydrogens is 273 g/mol. The second kappa shape index (κ2) is 4.30. The molecular formula is C13H7Cl2NS. The molecule has 17 heavy (non-hydrogen) atoms. The first-order chi connectivity index (χ1) is 8.22. The van der Waals surface area contributed by atoms with Crippen LogP contribution in [0.15, 0.2) is 42.5 Å². The third kappa shape index (κ3) is 2.16. The Balaban J connectivity index is 2.18. The van der Waals surface area contributed by atoms with Gasteiger partial charge in [0, 0.05) is 15.6 Å². The minimum atomic E-state index is 0.722. The molecule has 4 heteroatoms. The van der Waals surface area contributed by atoms with E-state index in [9.17, 15) is 0 Å². The Bertz CT molecular complexity index is 691. The smallest absolute Gasteiger partial charge is 0.124 e. The summed E-state index contributed by atoms with van der Waals surface area (Å²) >= 11 is 13.6. The number of fused-ring (bicyclic) bond motifs is 1. The molecule has 0 saturated carbocycles. The summed E-state index contributed by atoms with van der Waals surface area (Å²) in [6.45, 7) is 0. The van der Waals surface area contributed by atoms with Crippen molar-refractivity contribution < 1.29 is 0 Å². The van der Waals surface area contributed by atoms with E-state index in [0.29, 0.717) is 0 Å². The van der Waals surface area contributed by atoms with E-state index >= 15 is 0 Å². The van der Waals surface area contributed by atoms with Crippen molar-refractivity contribution in [2.45, 2.75) is 0 Å². The summed E-state index contributed by atoms with van der Waals surface area (Å²) < 4.78 is 1.09. The second-order valence-electron chi connectivity index (χ2n) is 3.64. The van der Waals surface area contributed by atoms with Crippen LogP contribution in [0.25, 0.3) is 20.8 Å². The maximum absolute atomic E-state index is 5.97. The quantitative estimate of drug-likeness (QED) is 0.591. The summed E-state index contributed by atoms with van der Waals surface area (Å²) in [5, 5.41) is 2.42. The van der Waals surface area contributed by atoms with Gasteiger partial charge in [-0.25, -0.2) is 4.98 Å². The summed E-state index contributed by atoms with van der Waals surface area (Å²) in [5.74, 6) is 0. The van der Waals surface area contributed by atoms with E-state index < -0.39 is 0 Å². The number of hydrogen-bond donors (Lipinski definition) is 0. The lowest BCUT2D eigenvalue weighted by molar-refractivity contribution is 1.48. The molecule has 0 fully saturated rings. The van der Waals surface area contributed by atoms with Crippen molar-refractivity contribution in [3.05, 3.63) is 52.5 Å². The first-order valence-electron chi connectivity index (χ1n) is 5.04. The minimum absolute atomic E-state index is 0.722. The van der Waals surface area contributed by atoms with Crippen molar-refractivity contribution in [2.75, 3.05) is 0 Å². The molecule has 0 aliphatic heterocycles. The molecule has 2 aromatic carbocycles. The van der Waals surface area contributed by atoms with Crippen LogP contribution in [0.4, 0.5) is 0 Å². The van der Waals surface area contributed by atoms with Crippen molar-refractivity contribution in [3.63, 3.8) is 0 Å². The maximum Gasteiger partial charge on any atom is 0.124 e. The van der Waals surface area contributed by atoms with Gasteiger partial charge in [0.25, 0.3) is 0 Å². The van der Waals surface area contributed by atoms with E-state index in [0.717, 1.165) is 30.8 Å². The molecule has 0 aliphatic rings. The molecule has 84 valence electrons. The standard InChI is InChI=1S/C13H7Cl2NS/c14-9-3-1-2-8(6-9)13-16-11-5-4-10(15)7-12(11)17-13/h1-7H. The van der Waals surface area contributed by atoms with Gasteiger partial charge in [0.1, 0.15) is 5.01 Å². The first-order valence-corrected chi connectivity index (χ1v) is 6.62. The zero-order valence-corrected chi connectivity index (χ0v) is 11.0. The van der Waals surface area contributed by atoms with E-state index in [1.54, 1.807) is 11.3 Å². The van der Waals surface area contributed by atoms with Crippen molar-refractivity contribution in [2.24, 2.45) is 0 Å². The molecule has 0 N–H and O–H groups in total. The third-order valence-corrected chi connectivity index (χ3v) is 3.96. The van der Waals surface area contributed by atoms with Gasteiger partial charge < -0.3 is 0 Å². The Kier molecular flexibility index (Phi) is 2.79. The summed E-state index contributed by atoms with van der Waals surface area (Å²) in [6, 6.07) is 13.4. The Hall–Kier alpha value is -1.09. The van der Waals surface area contributed by atoms with E-state index in [2.05, 4.69) is 4.98 Å². The van der Waals surface area contributed by atoms with Gasteiger partial charge in [-0.2, -0.15) is 0 Å². The zero-order valence-electron chi connectivity index (χ0n) is 8.65. The van der Waals surface area contributed by atoms with Crippen molar-refractivity contribution in [3.8, 4) is 10.6 Å². The predicted octanol–water partition coefficient (Wildman–Crippen LogP) is 5.27. The number of rotatable bonds is 1. The highest BCUT2D eigenvalue weighted by Gasteiger charge is 2.06. The van der Waals surface area contributed by atoms with Gasteiger partial charge in [0.05, 0.1) is 10.2 Å². The molecule has 0 spiro atoms. The van der Waals surface area contributed by atoms with Crippen LogP contribution in [0.2, 0.25) is 10.0 Å². The molecule has 0 atom stereocenters. The summed E-state index contributed by atoms with van der Waals surface area (Å²) in [6.07, 6.45) is 0. The molecule has 1 nitrogen and oxygen atoms in total. The van der Waals surface area contributed by atoms with Crippen LogP contribution < -0.4 is 0 Å². The molecule has 0 radical (unpaired) electrons. The fourth-order valence-corrected chi connectivity index (χ4v) is 3.07. The molecule has 1 aromatic heterocycles. The van der Waals surface area contributed by atoms with Crippen LogP contribution in [-0.2, 0) is 0 Å². The maximum atomic E-state index is 5.97. The van der Waals surface area contributed by atoms with Gasteiger partial charge in [-0.3, -0.25) is 0 Å². The molecule has 3 rings (SSSR count). The molecule has 3 aromatic rings. The minimum Gasteiger partial charge on any atom is -0.236 e. The molecule has 0 saturated heterocycles. The average Bonchev–Trinajstić information content (AvgIpc) is 2.72. The summed E-state index contributed by atoms with van der Waals surface area (Å²) in [5.41, 5.74) is 2.00. The Morgan fingerprint density at radius 2 is 1.76 bits per heavy atom. The van der Waals surface area contributed by atoms with Crippen LogP contribution in [-0.4, -0.2) is 4.98 Å². The third-order valence-electron chi connectivity index (χ3n) is 2.42. The summed E-state index contributed by atoms with van der Waals surface area (Å²) in [4.78, 5) is 4.57. The Morgan fingerprint density at radius 3 is 2.59 bits per heavy atom. The number of nitrogens with zero attached hydrogens (tertiary/aromatic N) is 1. The average molecular weight is 280 g/mol. The molecule has 0 aliphatic carbocycles. The number of benzene rings is 2. The van der Waals surface area contributed by atoms with Crippen LogP contribution in [0.1, 0.15) is 0 Å². The lowest BCUT2D eigenvalue weighted by atomic mass is 10.2. The monoisotopic (exact) mass is 279 g/mol. The van der Waals surface area contributed by atoms with Gasteiger partial charge >= 0.3 is 0 Å². The highest BCUT2D eigenvalue weighted by molar-refractivity contribution is 7.21. The van der Waals surface area contributed by atoms with E-state index in [-0.39, 0.29) is 0 Å². The SMILES string of the molecule is Clc1cccc(-c2nc3ccc(Cl)cc3s2)c1. The van der Waals surface area contributed by atoms with Crippen molar-refractivity contribution in [1.29, 1.82) is 0 Å². The van der Waals surface area contributed by atoms with Crippen molar-refractivity contribution in [1.82, 2.24) is 4.98 Å². The van der Waals surface area contributed by atoms with E-state index in [1.165, 1.54) is 0 Å². The predicted molar refractivity (Wildman–Crippen MR) is 75.1 cm³/mol. The van der Waals surface area contributed by atoms with Crippen LogP contribution in [0.5, 0.6) is 0 Å². The number of aromatic nitrogens is 1. The number of thiazole rings is 1. The highest BCUT2D eigenvalue weighted by Crippen LogP contribution is 2.32. The molecule has 0 bridgehead atoms. The topological polar surface area (TPSA) is 12.9 Å².